The molecule has 0 saturated carbocycles. The number of amides is 1. The molecule has 0 saturated heterocycles. The molecule has 138 valence electrons. The number of pyridine rings is 2. The van der Waals surface area contributed by atoms with Gasteiger partial charge in [0.2, 0.25) is 5.91 Å². The molecule has 0 bridgehead atoms. The van der Waals surface area contributed by atoms with Crippen LogP contribution < -0.4 is 10.6 Å². The van der Waals surface area contributed by atoms with Crippen LogP contribution >= 0.6 is 23.2 Å². The second-order valence-corrected chi connectivity index (χ2v) is 6.68. The van der Waals surface area contributed by atoms with Gasteiger partial charge in [0.05, 0.1) is 10.0 Å². The van der Waals surface area contributed by atoms with E-state index in [1.807, 2.05) is 24.3 Å². The van der Waals surface area contributed by atoms with Crippen molar-refractivity contribution in [3.8, 4) is 0 Å². The summed E-state index contributed by atoms with van der Waals surface area (Å²) in [7, 11) is 0. The molecule has 5 nitrogen and oxygen atoms in total. The van der Waals surface area contributed by atoms with Crippen LogP contribution in [0, 0.1) is 0 Å². The smallest absolute Gasteiger partial charge is 0.242 e. The van der Waals surface area contributed by atoms with Crippen LogP contribution in [0.4, 0.5) is 0 Å². The second kappa shape index (κ2) is 9.46. The highest BCUT2D eigenvalue weighted by Crippen LogP contribution is 2.30. The zero-order chi connectivity index (χ0) is 19.1. The minimum Gasteiger partial charge on any atom is -0.350 e. The number of rotatable bonds is 7. The highest BCUT2D eigenvalue weighted by Gasteiger charge is 2.23. The molecule has 0 radical (unpaired) electrons. The highest BCUT2D eigenvalue weighted by molar-refractivity contribution is 6.42. The van der Waals surface area contributed by atoms with E-state index >= 15 is 0 Å². The second-order valence-electron chi connectivity index (χ2n) is 5.89. The zero-order valence-corrected chi connectivity index (χ0v) is 15.9. The Balaban J connectivity index is 1.78. The maximum Gasteiger partial charge on any atom is 0.242 e. The van der Waals surface area contributed by atoms with Crippen LogP contribution in [-0.4, -0.2) is 15.9 Å². The highest BCUT2D eigenvalue weighted by atomic mass is 35.5. The third-order valence-corrected chi connectivity index (χ3v) is 4.84. The minimum atomic E-state index is -0.654. The van der Waals surface area contributed by atoms with E-state index in [9.17, 15) is 4.79 Å². The van der Waals surface area contributed by atoms with Crippen LogP contribution in [0.3, 0.4) is 0 Å². The average Bonchev–Trinajstić information content (AvgIpc) is 2.71. The number of carbonyl (C=O) groups excluding carboxylic acids is 1. The SMILES string of the molecule is O=C(NCc1ccncc1)C(NCc1cccnc1)c1cccc(Cl)c1Cl. The van der Waals surface area contributed by atoms with Crippen molar-refractivity contribution in [3.05, 3.63) is 94.0 Å². The van der Waals surface area contributed by atoms with Crippen LogP contribution in [0.25, 0.3) is 0 Å². The Labute approximate surface area is 167 Å². The predicted octanol–water partition coefficient (Wildman–Crippen LogP) is 3.93. The fourth-order valence-electron chi connectivity index (χ4n) is 2.60. The van der Waals surface area contributed by atoms with Crippen molar-refractivity contribution < 1.29 is 4.79 Å². The largest absolute Gasteiger partial charge is 0.350 e. The quantitative estimate of drug-likeness (QED) is 0.630. The number of aromatic nitrogens is 2. The molecule has 0 aliphatic rings. The van der Waals surface area contributed by atoms with Crippen molar-refractivity contribution in [1.82, 2.24) is 20.6 Å². The molecule has 7 heteroatoms. The van der Waals surface area contributed by atoms with Gasteiger partial charge >= 0.3 is 0 Å². The van der Waals surface area contributed by atoms with Gasteiger partial charge < -0.3 is 5.32 Å². The van der Waals surface area contributed by atoms with E-state index in [0.29, 0.717) is 28.7 Å². The van der Waals surface area contributed by atoms with Crippen LogP contribution in [0.15, 0.2) is 67.3 Å². The lowest BCUT2D eigenvalue weighted by Crippen LogP contribution is -2.37. The lowest BCUT2D eigenvalue weighted by Gasteiger charge is -2.20. The maximum atomic E-state index is 12.9. The number of hydrogen-bond acceptors (Lipinski definition) is 4. The maximum absolute atomic E-state index is 12.9. The molecular formula is C20H18Cl2N4O. The Morgan fingerprint density at radius 2 is 1.74 bits per heavy atom. The van der Waals surface area contributed by atoms with Crippen LogP contribution in [-0.2, 0) is 17.9 Å². The average molecular weight is 401 g/mol. The summed E-state index contributed by atoms with van der Waals surface area (Å²) < 4.78 is 0. The van der Waals surface area contributed by atoms with Crippen molar-refractivity contribution in [1.29, 1.82) is 0 Å². The molecule has 0 aliphatic heterocycles. The lowest BCUT2D eigenvalue weighted by atomic mass is 10.1. The summed E-state index contributed by atoms with van der Waals surface area (Å²) in [6.07, 6.45) is 6.83. The van der Waals surface area contributed by atoms with Gasteiger partial charge in [-0.3, -0.25) is 20.1 Å². The van der Waals surface area contributed by atoms with Crippen LogP contribution in [0.5, 0.6) is 0 Å². The van der Waals surface area contributed by atoms with E-state index in [1.54, 1.807) is 43.0 Å². The van der Waals surface area contributed by atoms with Gasteiger partial charge in [-0.25, -0.2) is 0 Å². The van der Waals surface area contributed by atoms with E-state index in [-0.39, 0.29) is 5.91 Å². The molecule has 1 atom stereocenters. The molecule has 2 aromatic heterocycles. The minimum absolute atomic E-state index is 0.195. The number of carbonyl (C=O) groups is 1. The zero-order valence-electron chi connectivity index (χ0n) is 14.4. The van der Waals surface area contributed by atoms with E-state index < -0.39 is 6.04 Å². The van der Waals surface area contributed by atoms with E-state index in [0.717, 1.165) is 11.1 Å². The van der Waals surface area contributed by atoms with Gasteiger partial charge in [-0.05, 0) is 41.0 Å². The van der Waals surface area contributed by atoms with E-state index in [1.165, 1.54) is 0 Å². The molecule has 1 unspecified atom stereocenters. The summed E-state index contributed by atoms with van der Waals surface area (Å²) in [5.41, 5.74) is 2.55. The van der Waals surface area contributed by atoms with Crippen molar-refractivity contribution in [2.75, 3.05) is 0 Å². The van der Waals surface area contributed by atoms with Gasteiger partial charge in [0, 0.05) is 37.9 Å². The fraction of sp³-hybridized carbons (Fsp3) is 0.150. The molecule has 0 spiro atoms. The molecule has 1 aromatic carbocycles. The lowest BCUT2D eigenvalue weighted by molar-refractivity contribution is -0.123. The summed E-state index contributed by atoms with van der Waals surface area (Å²) in [6.45, 7) is 0.856. The van der Waals surface area contributed by atoms with Gasteiger partial charge in [-0.15, -0.1) is 0 Å². The molecule has 1 amide bonds. The van der Waals surface area contributed by atoms with E-state index in [4.69, 9.17) is 23.2 Å². The summed E-state index contributed by atoms with van der Waals surface area (Å²) >= 11 is 12.5. The Morgan fingerprint density at radius 3 is 2.48 bits per heavy atom. The summed E-state index contributed by atoms with van der Waals surface area (Å²) in [5, 5.41) is 6.95. The van der Waals surface area contributed by atoms with Gasteiger partial charge in [0.1, 0.15) is 6.04 Å². The summed E-state index contributed by atoms with van der Waals surface area (Å²) in [4.78, 5) is 21.0. The topological polar surface area (TPSA) is 66.9 Å². The number of halogens is 2. The standard InChI is InChI=1S/C20H18Cl2N4O/c21-17-5-1-4-16(18(17)22)19(25-13-15-3-2-8-24-11-15)20(27)26-12-14-6-9-23-10-7-14/h1-11,19,25H,12-13H2,(H,26,27). The predicted molar refractivity (Wildman–Crippen MR) is 106 cm³/mol. The summed E-state index contributed by atoms with van der Waals surface area (Å²) in [5.74, 6) is -0.195. The molecule has 2 heterocycles. The first-order valence-electron chi connectivity index (χ1n) is 8.38. The monoisotopic (exact) mass is 400 g/mol. The molecule has 3 rings (SSSR count). The number of nitrogens with zero attached hydrogens (tertiary/aromatic N) is 2. The number of benzene rings is 1. The van der Waals surface area contributed by atoms with Gasteiger partial charge in [0.15, 0.2) is 0 Å². The van der Waals surface area contributed by atoms with Crippen molar-refractivity contribution >= 4 is 29.1 Å². The Bertz CT molecular complexity index is 891. The Morgan fingerprint density at radius 1 is 0.926 bits per heavy atom. The fourth-order valence-corrected chi connectivity index (χ4v) is 3.02. The van der Waals surface area contributed by atoms with Crippen molar-refractivity contribution in [2.24, 2.45) is 0 Å². The van der Waals surface area contributed by atoms with Crippen LogP contribution in [0.2, 0.25) is 10.0 Å². The first-order valence-corrected chi connectivity index (χ1v) is 9.13. The molecule has 0 aliphatic carbocycles. The Kier molecular flexibility index (Phi) is 6.76. The van der Waals surface area contributed by atoms with Gasteiger partial charge in [-0.1, -0.05) is 41.4 Å². The van der Waals surface area contributed by atoms with Gasteiger partial charge in [-0.2, -0.15) is 0 Å². The van der Waals surface area contributed by atoms with Crippen molar-refractivity contribution in [2.45, 2.75) is 19.1 Å². The van der Waals surface area contributed by atoms with Crippen molar-refractivity contribution in [3.63, 3.8) is 0 Å². The van der Waals surface area contributed by atoms with Crippen LogP contribution in [0.1, 0.15) is 22.7 Å². The first-order chi connectivity index (χ1) is 13.1. The third-order valence-electron chi connectivity index (χ3n) is 4.00. The first kappa shape index (κ1) is 19.3. The van der Waals surface area contributed by atoms with Gasteiger partial charge in [0.25, 0.3) is 0 Å². The third kappa shape index (κ3) is 5.26. The normalized spacial score (nSPS) is 11.8. The molecule has 0 fully saturated rings. The molecule has 3 aromatic rings. The van der Waals surface area contributed by atoms with E-state index in [2.05, 4.69) is 20.6 Å². The molecular weight excluding hydrogens is 383 g/mol. The number of nitrogens with one attached hydrogen (secondary N) is 2. The molecule has 27 heavy (non-hydrogen) atoms. The molecule has 2 N–H and O–H groups in total. The summed E-state index contributed by atoms with van der Waals surface area (Å²) in [6, 6.07) is 12.1. The number of hydrogen-bond donors (Lipinski definition) is 2. The Hall–Kier alpha value is -2.47.